The number of hydrogen-bond acceptors (Lipinski definition) is 3. The number of oxime groups is 1. The summed E-state index contributed by atoms with van der Waals surface area (Å²) in [6.07, 6.45) is 4.22. The van der Waals surface area contributed by atoms with Gasteiger partial charge in [0.2, 0.25) is 0 Å². The first-order chi connectivity index (χ1) is 6.29. The molecule has 0 saturated carbocycles. The fourth-order valence-corrected chi connectivity index (χ4v) is 2.44. The molecule has 1 saturated heterocycles. The number of alkyl halides is 1. The van der Waals surface area contributed by atoms with Crippen LogP contribution in [0.3, 0.4) is 0 Å². The van der Waals surface area contributed by atoms with Crippen LogP contribution in [-0.2, 0) is 4.84 Å². The average molecular weight is 294 g/mol. The summed E-state index contributed by atoms with van der Waals surface area (Å²) in [7, 11) is 0. The molecule has 1 fully saturated rings. The summed E-state index contributed by atoms with van der Waals surface area (Å²) in [6, 6.07) is 0. The van der Waals surface area contributed by atoms with Gasteiger partial charge >= 0.3 is 0 Å². The van der Waals surface area contributed by atoms with E-state index in [0.717, 1.165) is 18.9 Å². The highest BCUT2D eigenvalue weighted by Crippen LogP contribution is 2.23. The van der Waals surface area contributed by atoms with Gasteiger partial charge in [-0.2, -0.15) is 0 Å². The fourth-order valence-electron chi connectivity index (χ4n) is 1.81. The van der Waals surface area contributed by atoms with E-state index in [-0.39, 0.29) is 6.10 Å². The molecule has 2 heterocycles. The molecule has 0 aromatic carbocycles. The maximum Gasteiger partial charge on any atom is 0.161 e. The zero-order valence-electron chi connectivity index (χ0n) is 7.87. The van der Waals surface area contributed by atoms with Crippen molar-refractivity contribution < 1.29 is 4.84 Å². The van der Waals surface area contributed by atoms with Gasteiger partial charge < -0.3 is 9.74 Å². The first kappa shape index (κ1) is 9.55. The van der Waals surface area contributed by atoms with E-state index >= 15 is 0 Å². The van der Waals surface area contributed by atoms with Gasteiger partial charge in [-0.3, -0.25) is 0 Å². The number of hydrogen-bond donors (Lipinski definition) is 0. The lowest BCUT2D eigenvalue weighted by Crippen LogP contribution is -2.40. The molecule has 74 valence electrons. The molecule has 3 nitrogen and oxygen atoms in total. The molecule has 0 aromatic heterocycles. The van der Waals surface area contributed by atoms with Crippen molar-refractivity contribution in [1.82, 2.24) is 4.90 Å². The van der Waals surface area contributed by atoms with Crippen molar-refractivity contribution in [3.8, 4) is 0 Å². The third-order valence-corrected chi connectivity index (χ3v) is 4.22. The largest absolute Gasteiger partial charge is 0.390 e. The fraction of sp³-hybridized carbons (Fsp3) is 0.889. The highest BCUT2D eigenvalue weighted by atomic mass is 127. The summed E-state index contributed by atoms with van der Waals surface area (Å²) < 4.78 is 0.440. The minimum absolute atomic E-state index is 0.248. The lowest BCUT2D eigenvalue weighted by Gasteiger charge is -2.29. The number of rotatable bonds is 0. The number of piperidine rings is 1. The molecule has 4 heteroatoms. The molecule has 0 bridgehead atoms. The summed E-state index contributed by atoms with van der Waals surface area (Å²) in [5.41, 5.74) is 0. The average Bonchev–Trinajstić information content (AvgIpc) is 2.49. The Morgan fingerprint density at radius 1 is 1.38 bits per heavy atom. The first-order valence-electron chi connectivity index (χ1n) is 4.92. The van der Waals surface area contributed by atoms with Crippen LogP contribution in [0, 0.1) is 0 Å². The van der Waals surface area contributed by atoms with Crippen LogP contribution in [0.25, 0.3) is 0 Å². The van der Waals surface area contributed by atoms with Gasteiger partial charge in [-0.15, -0.1) is 0 Å². The van der Waals surface area contributed by atoms with Gasteiger partial charge in [-0.25, -0.2) is 0 Å². The van der Waals surface area contributed by atoms with E-state index in [2.05, 4.69) is 39.6 Å². The normalized spacial score (nSPS) is 34.3. The van der Waals surface area contributed by atoms with Gasteiger partial charge in [0.1, 0.15) is 10.0 Å². The number of amidine groups is 1. The molecule has 2 atom stereocenters. The number of nitrogens with zero attached hydrogens (tertiary/aromatic N) is 2. The molecule has 2 rings (SSSR count). The highest BCUT2D eigenvalue weighted by molar-refractivity contribution is 14.1. The summed E-state index contributed by atoms with van der Waals surface area (Å²) in [6.45, 7) is 4.40. The predicted octanol–water partition coefficient (Wildman–Crippen LogP) is 2.01. The number of likely N-dealkylation sites (tertiary alicyclic amines) is 1. The summed E-state index contributed by atoms with van der Waals surface area (Å²) >= 11 is 2.42. The maximum absolute atomic E-state index is 5.27. The molecule has 0 aromatic rings. The van der Waals surface area contributed by atoms with E-state index in [0.29, 0.717) is 3.92 Å². The van der Waals surface area contributed by atoms with E-state index < -0.39 is 0 Å². The number of halogens is 1. The van der Waals surface area contributed by atoms with Gasteiger partial charge in [-0.05, 0) is 26.2 Å². The Hall–Kier alpha value is 0. The Morgan fingerprint density at radius 2 is 2.08 bits per heavy atom. The zero-order chi connectivity index (χ0) is 9.26. The van der Waals surface area contributed by atoms with Gasteiger partial charge in [0, 0.05) is 13.1 Å². The van der Waals surface area contributed by atoms with Crippen molar-refractivity contribution in [3.05, 3.63) is 0 Å². The highest BCUT2D eigenvalue weighted by Gasteiger charge is 2.32. The Labute approximate surface area is 92.6 Å². The molecule has 0 N–H and O–H groups in total. The Balaban J connectivity index is 1.99. The SMILES string of the molecule is CC1ON=C(N2CCCCC2)[C@H]1I. The van der Waals surface area contributed by atoms with Crippen molar-refractivity contribution in [2.75, 3.05) is 13.1 Å². The van der Waals surface area contributed by atoms with Crippen LogP contribution in [0.5, 0.6) is 0 Å². The molecule has 0 aliphatic carbocycles. The van der Waals surface area contributed by atoms with E-state index in [1.807, 2.05) is 0 Å². The molecule has 0 radical (unpaired) electrons. The van der Waals surface area contributed by atoms with Gasteiger partial charge in [-0.1, -0.05) is 27.7 Å². The topological polar surface area (TPSA) is 24.8 Å². The van der Waals surface area contributed by atoms with Crippen molar-refractivity contribution in [2.24, 2.45) is 5.16 Å². The summed E-state index contributed by atoms with van der Waals surface area (Å²) in [4.78, 5) is 7.65. The standard InChI is InChI=1S/C9H15IN2O/c1-7-8(10)9(11-13-7)12-5-3-2-4-6-12/h7-8H,2-6H2,1H3/t7?,8-/m0/s1. The van der Waals surface area contributed by atoms with Crippen molar-refractivity contribution >= 4 is 28.4 Å². The molecule has 1 unspecified atom stereocenters. The van der Waals surface area contributed by atoms with Crippen LogP contribution in [0.15, 0.2) is 5.16 Å². The monoisotopic (exact) mass is 294 g/mol. The Bertz CT molecular complexity index is 214. The van der Waals surface area contributed by atoms with Crippen molar-refractivity contribution in [1.29, 1.82) is 0 Å². The summed E-state index contributed by atoms with van der Waals surface area (Å²) in [5, 5.41) is 4.16. The molecule has 2 aliphatic heterocycles. The Morgan fingerprint density at radius 3 is 2.62 bits per heavy atom. The lowest BCUT2D eigenvalue weighted by atomic mass is 10.1. The van der Waals surface area contributed by atoms with Gasteiger partial charge in [0.25, 0.3) is 0 Å². The molecule has 0 amide bonds. The van der Waals surface area contributed by atoms with E-state index in [1.54, 1.807) is 0 Å². The third kappa shape index (κ3) is 1.92. The second-order valence-electron chi connectivity index (χ2n) is 3.71. The molecular weight excluding hydrogens is 279 g/mol. The van der Waals surface area contributed by atoms with Crippen LogP contribution in [0.1, 0.15) is 26.2 Å². The summed E-state index contributed by atoms with van der Waals surface area (Å²) in [5.74, 6) is 1.16. The minimum Gasteiger partial charge on any atom is -0.390 e. The third-order valence-electron chi connectivity index (χ3n) is 2.65. The van der Waals surface area contributed by atoms with Crippen LogP contribution in [0.2, 0.25) is 0 Å². The molecule has 13 heavy (non-hydrogen) atoms. The maximum atomic E-state index is 5.27. The molecular formula is C9H15IN2O. The van der Waals surface area contributed by atoms with Crippen molar-refractivity contribution in [2.45, 2.75) is 36.2 Å². The van der Waals surface area contributed by atoms with Gasteiger partial charge in [0.05, 0.1) is 0 Å². The zero-order valence-corrected chi connectivity index (χ0v) is 10.0. The first-order valence-corrected chi connectivity index (χ1v) is 6.16. The van der Waals surface area contributed by atoms with Crippen LogP contribution >= 0.6 is 22.6 Å². The van der Waals surface area contributed by atoms with E-state index in [9.17, 15) is 0 Å². The second-order valence-corrected chi connectivity index (χ2v) is 5.05. The van der Waals surface area contributed by atoms with Crippen molar-refractivity contribution in [3.63, 3.8) is 0 Å². The van der Waals surface area contributed by atoms with E-state index in [1.165, 1.54) is 19.3 Å². The quantitative estimate of drug-likeness (QED) is 0.504. The molecule has 0 spiro atoms. The lowest BCUT2D eigenvalue weighted by molar-refractivity contribution is 0.103. The minimum atomic E-state index is 0.248. The Kier molecular flexibility index (Phi) is 2.96. The molecule has 2 aliphatic rings. The van der Waals surface area contributed by atoms with Crippen LogP contribution in [-0.4, -0.2) is 33.9 Å². The second kappa shape index (κ2) is 4.02. The predicted molar refractivity (Wildman–Crippen MR) is 61.2 cm³/mol. The van der Waals surface area contributed by atoms with Crippen LogP contribution in [0.4, 0.5) is 0 Å². The van der Waals surface area contributed by atoms with Crippen LogP contribution < -0.4 is 0 Å². The van der Waals surface area contributed by atoms with Gasteiger partial charge in [0.15, 0.2) is 5.84 Å². The van der Waals surface area contributed by atoms with E-state index in [4.69, 9.17) is 4.84 Å². The smallest absolute Gasteiger partial charge is 0.161 e.